The average Bonchev–Trinajstić information content (AvgIpc) is 1.87. The summed E-state index contributed by atoms with van der Waals surface area (Å²) in [4.78, 5) is 0. The molecular weight excluding hydrogens is 163 g/mol. The van der Waals surface area contributed by atoms with E-state index in [2.05, 4.69) is 0 Å². The molecule has 0 aromatic carbocycles. The molecule has 1 atom stereocenters. The van der Waals surface area contributed by atoms with E-state index in [4.69, 9.17) is 9.05 Å². The maximum Gasteiger partial charge on any atom is 0.330 e. The highest BCUT2D eigenvalue weighted by Crippen LogP contribution is 2.48. The van der Waals surface area contributed by atoms with Crippen molar-refractivity contribution in [2.24, 2.45) is 0 Å². The van der Waals surface area contributed by atoms with Gasteiger partial charge in [-0.05, 0) is 20.8 Å². The maximum absolute atomic E-state index is 11.5. The van der Waals surface area contributed by atoms with E-state index in [-0.39, 0.29) is 6.10 Å². The predicted octanol–water partition coefficient (Wildman–Crippen LogP) is 2.66. The van der Waals surface area contributed by atoms with Crippen LogP contribution in [0.25, 0.3) is 0 Å². The molecule has 0 aromatic heterocycles. The Morgan fingerprint density at radius 1 is 1.36 bits per heavy atom. The Labute approximate surface area is 68.6 Å². The fraction of sp³-hybridized carbons (Fsp3) is 1.00. The molecule has 11 heavy (non-hydrogen) atoms. The van der Waals surface area contributed by atoms with Crippen LogP contribution in [0.15, 0.2) is 0 Å². The molecule has 0 rings (SSSR count). The van der Waals surface area contributed by atoms with E-state index in [0.717, 1.165) is 0 Å². The van der Waals surface area contributed by atoms with E-state index in [1.807, 2.05) is 20.8 Å². The zero-order chi connectivity index (χ0) is 8.91. The number of rotatable bonds is 5. The molecule has 0 aliphatic heterocycles. The van der Waals surface area contributed by atoms with Crippen molar-refractivity contribution in [1.82, 2.24) is 0 Å². The van der Waals surface area contributed by atoms with Crippen molar-refractivity contribution in [2.75, 3.05) is 12.8 Å². The second-order valence-electron chi connectivity index (χ2n) is 2.50. The fourth-order valence-corrected chi connectivity index (χ4v) is 2.14. The normalized spacial score (nSPS) is 16.8. The Kier molecular flexibility index (Phi) is 4.98. The molecule has 3 nitrogen and oxygen atoms in total. The van der Waals surface area contributed by atoms with Crippen molar-refractivity contribution < 1.29 is 13.6 Å². The lowest BCUT2D eigenvalue weighted by atomic mass is 10.5. The summed E-state index contributed by atoms with van der Waals surface area (Å²) in [5, 5.41) is 0. The molecule has 4 heteroatoms. The molecule has 0 saturated carbocycles. The van der Waals surface area contributed by atoms with Gasteiger partial charge in [0.15, 0.2) is 0 Å². The largest absolute Gasteiger partial charge is 0.330 e. The maximum atomic E-state index is 11.5. The highest BCUT2D eigenvalue weighted by atomic mass is 31.2. The standard InChI is InChI=1S/C7H17O3P/c1-5-9-11(8,6-2)10-7(3)4/h7H,5-6H2,1-4H3. The lowest BCUT2D eigenvalue weighted by Crippen LogP contribution is -2.04. The van der Waals surface area contributed by atoms with Crippen molar-refractivity contribution in [2.45, 2.75) is 33.8 Å². The summed E-state index contributed by atoms with van der Waals surface area (Å²) in [6.07, 6.45) is 0.409. The second-order valence-corrected chi connectivity index (χ2v) is 4.82. The molecule has 0 amide bonds. The first-order chi connectivity index (χ1) is 5.04. The van der Waals surface area contributed by atoms with Gasteiger partial charge >= 0.3 is 7.60 Å². The minimum atomic E-state index is -2.76. The molecule has 0 N–H and O–H groups in total. The highest BCUT2D eigenvalue weighted by Gasteiger charge is 2.22. The van der Waals surface area contributed by atoms with Crippen LogP contribution in [0.2, 0.25) is 0 Å². The van der Waals surface area contributed by atoms with Crippen molar-refractivity contribution in [3.05, 3.63) is 0 Å². The first-order valence-corrected chi connectivity index (χ1v) is 5.69. The van der Waals surface area contributed by atoms with Gasteiger partial charge in [0.1, 0.15) is 0 Å². The van der Waals surface area contributed by atoms with E-state index in [9.17, 15) is 4.57 Å². The summed E-state index contributed by atoms with van der Waals surface area (Å²) in [5.74, 6) is 0. The van der Waals surface area contributed by atoms with Crippen molar-refractivity contribution >= 4 is 7.60 Å². The van der Waals surface area contributed by atoms with E-state index < -0.39 is 7.60 Å². The minimum Gasteiger partial charge on any atom is -0.309 e. The zero-order valence-electron chi connectivity index (χ0n) is 7.66. The van der Waals surface area contributed by atoms with Crippen molar-refractivity contribution in [3.8, 4) is 0 Å². The molecule has 0 spiro atoms. The Balaban J connectivity index is 4.00. The zero-order valence-corrected chi connectivity index (χ0v) is 8.56. The third kappa shape index (κ3) is 4.57. The molecule has 0 aliphatic rings. The Morgan fingerprint density at radius 2 is 1.91 bits per heavy atom. The first kappa shape index (κ1) is 11.2. The van der Waals surface area contributed by atoms with Gasteiger partial charge in [0.2, 0.25) is 0 Å². The molecule has 68 valence electrons. The third-order valence-electron chi connectivity index (χ3n) is 1.08. The van der Waals surface area contributed by atoms with Crippen LogP contribution in [0.5, 0.6) is 0 Å². The quantitative estimate of drug-likeness (QED) is 0.610. The molecule has 1 unspecified atom stereocenters. The van der Waals surface area contributed by atoms with E-state index in [1.165, 1.54) is 0 Å². The summed E-state index contributed by atoms with van der Waals surface area (Å²) in [5.41, 5.74) is 0. The van der Waals surface area contributed by atoms with Gasteiger partial charge in [0.25, 0.3) is 0 Å². The molecule has 0 saturated heterocycles. The van der Waals surface area contributed by atoms with E-state index in [0.29, 0.717) is 12.8 Å². The predicted molar refractivity (Wildman–Crippen MR) is 46.0 cm³/mol. The Hall–Kier alpha value is 0.150. The van der Waals surface area contributed by atoms with Crippen LogP contribution in [0.3, 0.4) is 0 Å². The lowest BCUT2D eigenvalue weighted by Gasteiger charge is -2.18. The summed E-state index contributed by atoms with van der Waals surface area (Å²) < 4.78 is 21.7. The van der Waals surface area contributed by atoms with Gasteiger partial charge in [-0.2, -0.15) is 0 Å². The summed E-state index contributed by atoms with van der Waals surface area (Å²) in [7, 11) is -2.76. The molecule has 0 heterocycles. The number of hydrogen-bond donors (Lipinski definition) is 0. The van der Waals surface area contributed by atoms with Crippen LogP contribution < -0.4 is 0 Å². The molecule has 0 aliphatic carbocycles. The Bertz CT molecular complexity index is 145. The van der Waals surface area contributed by atoms with E-state index in [1.54, 1.807) is 6.92 Å². The SMILES string of the molecule is CCOP(=O)(CC)OC(C)C. The third-order valence-corrected chi connectivity index (χ3v) is 3.25. The van der Waals surface area contributed by atoms with Gasteiger partial charge in [-0.1, -0.05) is 6.92 Å². The van der Waals surface area contributed by atoms with Crippen molar-refractivity contribution in [3.63, 3.8) is 0 Å². The first-order valence-electron chi connectivity index (χ1n) is 3.96. The van der Waals surface area contributed by atoms with E-state index >= 15 is 0 Å². The fourth-order valence-electron chi connectivity index (χ4n) is 0.714. The van der Waals surface area contributed by atoms with Crippen LogP contribution in [0.1, 0.15) is 27.7 Å². The van der Waals surface area contributed by atoms with Gasteiger partial charge < -0.3 is 9.05 Å². The van der Waals surface area contributed by atoms with Gasteiger partial charge in [0, 0.05) is 6.16 Å². The summed E-state index contributed by atoms with van der Waals surface area (Å²) in [6, 6.07) is 0. The van der Waals surface area contributed by atoms with Crippen LogP contribution >= 0.6 is 7.60 Å². The molecule has 0 fully saturated rings. The highest BCUT2D eigenvalue weighted by molar-refractivity contribution is 7.53. The molecule has 0 radical (unpaired) electrons. The molecular formula is C7H17O3P. The van der Waals surface area contributed by atoms with Gasteiger partial charge in [-0.3, -0.25) is 4.57 Å². The smallest absolute Gasteiger partial charge is 0.309 e. The van der Waals surface area contributed by atoms with Crippen LogP contribution in [0.4, 0.5) is 0 Å². The van der Waals surface area contributed by atoms with Gasteiger partial charge in [-0.15, -0.1) is 0 Å². The Morgan fingerprint density at radius 3 is 2.18 bits per heavy atom. The van der Waals surface area contributed by atoms with Gasteiger partial charge in [0.05, 0.1) is 12.7 Å². The summed E-state index contributed by atoms with van der Waals surface area (Å²) >= 11 is 0. The van der Waals surface area contributed by atoms with Crippen molar-refractivity contribution in [1.29, 1.82) is 0 Å². The topological polar surface area (TPSA) is 35.5 Å². The van der Waals surface area contributed by atoms with Gasteiger partial charge in [-0.25, -0.2) is 0 Å². The van der Waals surface area contributed by atoms with Crippen LogP contribution in [-0.4, -0.2) is 18.9 Å². The monoisotopic (exact) mass is 180 g/mol. The van der Waals surface area contributed by atoms with Crippen LogP contribution in [0, 0.1) is 0 Å². The second kappa shape index (κ2) is 4.91. The molecule has 0 aromatic rings. The molecule has 0 bridgehead atoms. The minimum absolute atomic E-state index is 0.0349. The van der Waals surface area contributed by atoms with Crippen LogP contribution in [-0.2, 0) is 13.6 Å². The average molecular weight is 180 g/mol. The summed E-state index contributed by atoms with van der Waals surface area (Å²) in [6.45, 7) is 7.76. The number of hydrogen-bond acceptors (Lipinski definition) is 3. The lowest BCUT2D eigenvalue weighted by molar-refractivity contribution is 0.174.